The minimum absolute atomic E-state index is 0.143. The molecule has 1 aliphatic heterocycles. The third-order valence-corrected chi connectivity index (χ3v) is 4.65. The van der Waals surface area contributed by atoms with Crippen LogP contribution in [0.15, 0.2) is 24.3 Å². The summed E-state index contributed by atoms with van der Waals surface area (Å²) in [5, 5.41) is 3.62. The number of benzene rings is 1. The van der Waals surface area contributed by atoms with Crippen LogP contribution in [0.1, 0.15) is 50.0 Å². The number of rotatable bonds is 5. The van der Waals surface area contributed by atoms with Gasteiger partial charge in [-0.3, -0.25) is 0 Å². The molecule has 2 fully saturated rings. The Hall–Kier alpha value is -0.930. The Kier molecular flexibility index (Phi) is 4.69. The topological polar surface area (TPSA) is 21.3 Å². The first-order chi connectivity index (χ1) is 9.81. The van der Waals surface area contributed by atoms with Crippen LogP contribution < -0.4 is 5.32 Å². The van der Waals surface area contributed by atoms with E-state index in [1.54, 1.807) is 12.1 Å². The van der Waals surface area contributed by atoms with Gasteiger partial charge in [0.2, 0.25) is 0 Å². The van der Waals surface area contributed by atoms with Gasteiger partial charge in [0.15, 0.2) is 0 Å². The van der Waals surface area contributed by atoms with Crippen molar-refractivity contribution in [3.63, 3.8) is 0 Å². The Morgan fingerprint density at radius 1 is 1.15 bits per heavy atom. The standard InChI is InChI=1S/C17H24FNO/c18-15-6-4-13(5-7-15)14-11-16(12-14)19-9-8-17-3-1-2-10-20-17/h4-7,14,16-17,19H,1-3,8-12H2. The van der Waals surface area contributed by atoms with Crippen LogP contribution in [-0.4, -0.2) is 25.3 Å². The van der Waals surface area contributed by atoms with E-state index >= 15 is 0 Å². The van der Waals surface area contributed by atoms with E-state index in [1.165, 1.54) is 37.7 Å². The van der Waals surface area contributed by atoms with Crippen molar-refractivity contribution in [2.45, 2.75) is 56.6 Å². The summed E-state index contributed by atoms with van der Waals surface area (Å²) in [6.45, 7) is 2.01. The number of hydrogen-bond donors (Lipinski definition) is 1. The fourth-order valence-electron chi connectivity index (χ4n) is 3.28. The maximum Gasteiger partial charge on any atom is 0.123 e. The number of hydrogen-bond acceptors (Lipinski definition) is 2. The van der Waals surface area contributed by atoms with E-state index in [0.717, 1.165) is 19.6 Å². The van der Waals surface area contributed by atoms with E-state index in [2.05, 4.69) is 5.32 Å². The van der Waals surface area contributed by atoms with Crippen LogP contribution in [0, 0.1) is 5.82 Å². The van der Waals surface area contributed by atoms with Crippen molar-refractivity contribution in [3.8, 4) is 0 Å². The van der Waals surface area contributed by atoms with Crippen LogP contribution in [0.2, 0.25) is 0 Å². The summed E-state index contributed by atoms with van der Waals surface area (Å²) < 4.78 is 18.6. The molecule has 2 aliphatic rings. The third-order valence-electron chi connectivity index (χ3n) is 4.65. The summed E-state index contributed by atoms with van der Waals surface area (Å²) in [5.41, 5.74) is 1.28. The lowest BCUT2D eigenvalue weighted by Crippen LogP contribution is -2.41. The van der Waals surface area contributed by atoms with Crippen molar-refractivity contribution >= 4 is 0 Å². The number of ether oxygens (including phenoxy) is 1. The molecule has 20 heavy (non-hydrogen) atoms. The fraction of sp³-hybridized carbons (Fsp3) is 0.647. The van der Waals surface area contributed by atoms with Crippen molar-refractivity contribution in [2.24, 2.45) is 0 Å². The smallest absolute Gasteiger partial charge is 0.123 e. The minimum atomic E-state index is -0.143. The van der Waals surface area contributed by atoms with Crippen molar-refractivity contribution in [1.29, 1.82) is 0 Å². The average molecular weight is 277 g/mol. The van der Waals surface area contributed by atoms with Gasteiger partial charge >= 0.3 is 0 Å². The van der Waals surface area contributed by atoms with Gasteiger partial charge in [-0.05, 0) is 68.7 Å². The third kappa shape index (κ3) is 3.58. The predicted octanol–water partition coefficient (Wildman–Crippen LogP) is 3.62. The summed E-state index contributed by atoms with van der Waals surface area (Å²) in [6.07, 6.45) is 7.74. The maximum atomic E-state index is 12.9. The fourth-order valence-corrected chi connectivity index (χ4v) is 3.28. The van der Waals surface area contributed by atoms with Crippen LogP contribution in [0.25, 0.3) is 0 Å². The molecule has 0 radical (unpaired) electrons. The highest BCUT2D eigenvalue weighted by Gasteiger charge is 2.29. The van der Waals surface area contributed by atoms with E-state index in [4.69, 9.17) is 4.74 Å². The minimum Gasteiger partial charge on any atom is -0.378 e. The molecule has 1 aromatic rings. The molecule has 3 rings (SSSR count). The Balaban J connectivity index is 1.33. The summed E-state index contributed by atoms with van der Waals surface area (Å²) in [5.74, 6) is 0.467. The monoisotopic (exact) mass is 277 g/mol. The zero-order chi connectivity index (χ0) is 13.8. The first-order valence-electron chi connectivity index (χ1n) is 7.92. The molecular weight excluding hydrogens is 253 g/mol. The first-order valence-corrected chi connectivity index (χ1v) is 7.92. The summed E-state index contributed by atoms with van der Waals surface area (Å²) in [6, 6.07) is 7.61. The van der Waals surface area contributed by atoms with Crippen molar-refractivity contribution in [3.05, 3.63) is 35.6 Å². The van der Waals surface area contributed by atoms with Crippen molar-refractivity contribution < 1.29 is 9.13 Å². The molecule has 1 atom stereocenters. The zero-order valence-electron chi connectivity index (χ0n) is 12.0. The van der Waals surface area contributed by atoms with Gasteiger partial charge in [0.05, 0.1) is 6.10 Å². The lowest BCUT2D eigenvalue weighted by Gasteiger charge is -2.37. The quantitative estimate of drug-likeness (QED) is 0.887. The molecule has 1 heterocycles. The highest BCUT2D eigenvalue weighted by molar-refractivity contribution is 5.23. The molecule has 1 aliphatic carbocycles. The van der Waals surface area contributed by atoms with Gasteiger partial charge in [0.25, 0.3) is 0 Å². The number of halogens is 1. The molecule has 0 bridgehead atoms. The predicted molar refractivity (Wildman–Crippen MR) is 78.4 cm³/mol. The molecule has 110 valence electrons. The SMILES string of the molecule is Fc1ccc(C2CC(NCCC3CCCCO3)C2)cc1. The first kappa shape index (κ1) is 14.0. The van der Waals surface area contributed by atoms with E-state index in [-0.39, 0.29) is 5.82 Å². The Morgan fingerprint density at radius 2 is 1.95 bits per heavy atom. The van der Waals surface area contributed by atoms with Crippen LogP contribution in [-0.2, 0) is 4.74 Å². The van der Waals surface area contributed by atoms with Crippen LogP contribution in [0.5, 0.6) is 0 Å². The molecule has 1 unspecified atom stereocenters. The molecule has 3 heteroatoms. The molecule has 1 N–H and O–H groups in total. The van der Waals surface area contributed by atoms with Gasteiger partial charge in [0, 0.05) is 12.6 Å². The lowest BCUT2D eigenvalue weighted by atomic mass is 9.76. The second-order valence-electron chi connectivity index (χ2n) is 6.15. The molecular formula is C17H24FNO. The second-order valence-corrected chi connectivity index (χ2v) is 6.15. The van der Waals surface area contributed by atoms with Crippen LogP contribution in [0.4, 0.5) is 4.39 Å². The van der Waals surface area contributed by atoms with Crippen molar-refractivity contribution in [1.82, 2.24) is 5.32 Å². The van der Waals surface area contributed by atoms with Gasteiger partial charge in [-0.15, -0.1) is 0 Å². The Bertz CT molecular complexity index is 408. The Morgan fingerprint density at radius 3 is 2.65 bits per heavy atom. The molecule has 1 saturated carbocycles. The van der Waals surface area contributed by atoms with Gasteiger partial charge in [0.1, 0.15) is 5.82 Å². The number of nitrogens with one attached hydrogen (secondary N) is 1. The van der Waals surface area contributed by atoms with E-state index in [0.29, 0.717) is 18.1 Å². The van der Waals surface area contributed by atoms with Gasteiger partial charge in [-0.1, -0.05) is 12.1 Å². The molecule has 2 nitrogen and oxygen atoms in total. The van der Waals surface area contributed by atoms with E-state index < -0.39 is 0 Å². The van der Waals surface area contributed by atoms with Gasteiger partial charge < -0.3 is 10.1 Å². The largest absolute Gasteiger partial charge is 0.378 e. The average Bonchev–Trinajstić information content (AvgIpc) is 2.44. The molecule has 0 amide bonds. The van der Waals surface area contributed by atoms with Gasteiger partial charge in [-0.25, -0.2) is 4.39 Å². The summed E-state index contributed by atoms with van der Waals surface area (Å²) in [4.78, 5) is 0. The maximum absolute atomic E-state index is 12.9. The van der Waals surface area contributed by atoms with Crippen LogP contribution >= 0.6 is 0 Å². The highest BCUT2D eigenvalue weighted by atomic mass is 19.1. The van der Waals surface area contributed by atoms with Crippen molar-refractivity contribution in [2.75, 3.05) is 13.2 Å². The normalized spacial score (nSPS) is 29.9. The van der Waals surface area contributed by atoms with E-state index in [9.17, 15) is 4.39 Å². The molecule has 1 saturated heterocycles. The second kappa shape index (κ2) is 6.68. The highest BCUT2D eigenvalue weighted by Crippen LogP contribution is 2.36. The summed E-state index contributed by atoms with van der Waals surface area (Å²) in [7, 11) is 0. The molecule has 1 aromatic carbocycles. The zero-order valence-corrected chi connectivity index (χ0v) is 12.0. The molecule has 0 aromatic heterocycles. The summed E-state index contributed by atoms with van der Waals surface area (Å²) >= 11 is 0. The molecule has 0 spiro atoms. The van der Waals surface area contributed by atoms with Crippen LogP contribution in [0.3, 0.4) is 0 Å². The van der Waals surface area contributed by atoms with Gasteiger partial charge in [-0.2, -0.15) is 0 Å². The Labute approximate surface area is 120 Å². The lowest BCUT2D eigenvalue weighted by molar-refractivity contribution is 0.0107. The van der Waals surface area contributed by atoms with E-state index in [1.807, 2.05) is 12.1 Å².